The van der Waals surface area contributed by atoms with Crippen LogP contribution in [-0.2, 0) is 6.54 Å². The van der Waals surface area contributed by atoms with E-state index in [0.717, 1.165) is 0 Å². The molecule has 3 N–H and O–H groups in total. The molecule has 26 heavy (non-hydrogen) atoms. The fourth-order valence-corrected chi connectivity index (χ4v) is 2.40. The van der Waals surface area contributed by atoms with E-state index in [1.54, 1.807) is 36.4 Å². The summed E-state index contributed by atoms with van der Waals surface area (Å²) < 4.78 is 20.0. The first-order valence-corrected chi connectivity index (χ1v) is 8.04. The number of amides is 1. The number of ether oxygens (including phenoxy) is 1. The summed E-state index contributed by atoms with van der Waals surface area (Å²) in [4.78, 5) is 12.4. The van der Waals surface area contributed by atoms with Crippen LogP contribution >= 0.6 is 0 Å². The summed E-state index contributed by atoms with van der Waals surface area (Å²) in [5.41, 5.74) is 7.23. The highest BCUT2D eigenvalue weighted by Crippen LogP contribution is 2.18. The third-order valence-corrected chi connectivity index (χ3v) is 3.63. The molecule has 0 unspecified atom stereocenters. The number of anilines is 2. The molecule has 0 saturated heterocycles. The summed E-state index contributed by atoms with van der Waals surface area (Å²) in [6.45, 7) is 2.68. The monoisotopic (exact) mass is 355 g/mol. The Morgan fingerprint density at radius 1 is 1.27 bits per heavy atom. The lowest BCUT2D eigenvalue weighted by molar-refractivity contribution is 0.102. The highest BCUT2D eigenvalue weighted by atomic mass is 19.1. The number of carbonyl (C=O) groups excluding carboxylic acids is 1. The van der Waals surface area contributed by atoms with E-state index in [4.69, 9.17) is 10.5 Å². The van der Waals surface area contributed by atoms with Gasteiger partial charge in [-0.05, 0) is 48.9 Å². The SMILES string of the molecule is CCOc1ccc(NC(=O)c2nnn(Cc3cccc(F)c3)c2N)cc1. The molecule has 8 heteroatoms. The molecule has 0 fully saturated rings. The number of nitrogens with one attached hydrogen (secondary N) is 1. The number of nitrogens with zero attached hydrogens (tertiary/aromatic N) is 3. The van der Waals surface area contributed by atoms with Gasteiger partial charge in [-0.2, -0.15) is 0 Å². The van der Waals surface area contributed by atoms with Crippen molar-refractivity contribution in [3.63, 3.8) is 0 Å². The van der Waals surface area contributed by atoms with E-state index >= 15 is 0 Å². The minimum atomic E-state index is -0.475. The van der Waals surface area contributed by atoms with Crippen LogP contribution in [0.4, 0.5) is 15.9 Å². The van der Waals surface area contributed by atoms with E-state index in [1.165, 1.54) is 16.8 Å². The molecule has 134 valence electrons. The summed E-state index contributed by atoms with van der Waals surface area (Å²) in [5.74, 6) is -0.00412. The summed E-state index contributed by atoms with van der Waals surface area (Å²) >= 11 is 0. The fourth-order valence-electron chi connectivity index (χ4n) is 2.40. The predicted octanol–water partition coefficient (Wildman–Crippen LogP) is 2.70. The van der Waals surface area contributed by atoms with E-state index in [2.05, 4.69) is 15.6 Å². The van der Waals surface area contributed by atoms with Gasteiger partial charge < -0.3 is 15.8 Å². The van der Waals surface area contributed by atoms with Crippen molar-refractivity contribution in [3.05, 3.63) is 65.6 Å². The minimum Gasteiger partial charge on any atom is -0.494 e. The topological polar surface area (TPSA) is 95.1 Å². The lowest BCUT2D eigenvalue weighted by atomic mass is 10.2. The van der Waals surface area contributed by atoms with Crippen molar-refractivity contribution in [1.82, 2.24) is 15.0 Å². The maximum atomic E-state index is 13.3. The highest BCUT2D eigenvalue weighted by molar-refractivity contribution is 6.05. The third-order valence-electron chi connectivity index (χ3n) is 3.63. The van der Waals surface area contributed by atoms with Gasteiger partial charge >= 0.3 is 0 Å². The zero-order chi connectivity index (χ0) is 18.5. The van der Waals surface area contributed by atoms with Gasteiger partial charge in [0, 0.05) is 5.69 Å². The van der Waals surface area contributed by atoms with Gasteiger partial charge in [0.15, 0.2) is 11.5 Å². The molecular weight excluding hydrogens is 337 g/mol. The number of nitrogen functional groups attached to an aromatic ring is 1. The Balaban J connectivity index is 1.71. The van der Waals surface area contributed by atoms with Crippen molar-refractivity contribution in [3.8, 4) is 5.75 Å². The van der Waals surface area contributed by atoms with Crippen molar-refractivity contribution in [2.75, 3.05) is 17.7 Å². The van der Waals surface area contributed by atoms with Crippen molar-refractivity contribution in [1.29, 1.82) is 0 Å². The van der Waals surface area contributed by atoms with Crippen molar-refractivity contribution in [2.24, 2.45) is 0 Å². The van der Waals surface area contributed by atoms with Crippen LogP contribution in [0.15, 0.2) is 48.5 Å². The second-order valence-electron chi connectivity index (χ2n) is 5.52. The molecule has 3 rings (SSSR count). The second kappa shape index (κ2) is 7.64. The summed E-state index contributed by atoms with van der Waals surface area (Å²) in [6.07, 6.45) is 0. The Bertz CT molecular complexity index is 908. The largest absolute Gasteiger partial charge is 0.494 e. The maximum Gasteiger partial charge on any atom is 0.280 e. The molecular formula is C18H18FN5O2. The molecule has 0 atom stereocenters. The maximum absolute atomic E-state index is 13.3. The standard InChI is InChI=1S/C18H18FN5O2/c1-2-26-15-8-6-14(7-9-15)21-18(25)16-17(20)24(23-22-16)11-12-4-3-5-13(19)10-12/h3-10H,2,11,20H2,1H3,(H,21,25). The minimum absolute atomic E-state index is 0.00953. The first kappa shape index (κ1) is 17.4. The zero-order valence-electron chi connectivity index (χ0n) is 14.1. The van der Waals surface area contributed by atoms with Crippen molar-refractivity contribution < 1.29 is 13.9 Å². The van der Waals surface area contributed by atoms with Gasteiger partial charge in [0.25, 0.3) is 5.91 Å². The molecule has 3 aromatic rings. The van der Waals surface area contributed by atoms with Crippen molar-refractivity contribution >= 4 is 17.4 Å². The first-order chi connectivity index (χ1) is 12.6. The van der Waals surface area contributed by atoms with Crippen LogP contribution in [0, 0.1) is 5.82 Å². The third kappa shape index (κ3) is 3.97. The Labute approximate surface area is 149 Å². The van der Waals surface area contributed by atoms with Gasteiger partial charge in [-0.25, -0.2) is 9.07 Å². The number of nitrogens with two attached hydrogens (primary N) is 1. The van der Waals surface area contributed by atoms with Crippen LogP contribution < -0.4 is 15.8 Å². The number of benzene rings is 2. The van der Waals surface area contributed by atoms with Gasteiger partial charge in [0.05, 0.1) is 13.2 Å². The molecule has 0 bridgehead atoms. The smallest absolute Gasteiger partial charge is 0.280 e. The van der Waals surface area contributed by atoms with E-state index in [-0.39, 0.29) is 23.9 Å². The van der Waals surface area contributed by atoms with Gasteiger partial charge in [0.1, 0.15) is 11.6 Å². The fraction of sp³-hybridized carbons (Fsp3) is 0.167. The lowest BCUT2D eigenvalue weighted by Gasteiger charge is -2.07. The number of aromatic nitrogens is 3. The predicted molar refractivity (Wildman–Crippen MR) is 95.5 cm³/mol. The van der Waals surface area contributed by atoms with E-state index < -0.39 is 5.91 Å². The number of hydrogen-bond donors (Lipinski definition) is 2. The second-order valence-corrected chi connectivity index (χ2v) is 5.52. The van der Waals surface area contributed by atoms with E-state index in [1.807, 2.05) is 6.92 Å². The van der Waals surface area contributed by atoms with Crippen LogP contribution in [0.1, 0.15) is 23.0 Å². The lowest BCUT2D eigenvalue weighted by Crippen LogP contribution is -2.15. The summed E-state index contributed by atoms with van der Waals surface area (Å²) in [6, 6.07) is 13.0. The highest BCUT2D eigenvalue weighted by Gasteiger charge is 2.18. The Morgan fingerprint density at radius 2 is 2.04 bits per heavy atom. The zero-order valence-corrected chi connectivity index (χ0v) is 14.1. The van der Waals surface area contributed by atoms with Gasteiger partial charge in [-0.3, -0.25) is 4.79 Å². The van der Waals surface area contributed by atoms with Gasteiger partial charge in [0.2, 0.25) is 0 Å². The number of halogens is 1. The number of carbonyl (C=O) groups is 1. The van der Waals surface area contributed by atoms with Crippen LogP contribution in [0.25, 0.3) is 0 Å². The molecule has 0 aliphatic rings. The van der Waals surface area contributed by atoms with Crippen molar-refractivity contribution in [2.45, 2.75) is 13.5 Å². The molecule has 0 radical (unpaired) electrons. The quantitative estimate of drug-likeness (QED) is 0.709. The average molecular weight is 355 g/mol. The molecule has 0 spiro atoms. The van der Waals surface area contributed by atoms with E-state index in [0.29, 0.717) is 23.6 Å². The van der Waals surface area contributed by atoms with Crippen LogP contribution in [0.2, 0.25) is 0 Å². The molecule has 0 aliphatic heterocycles. The first-order valence-electron chi connectivity index (χ1n) is 8.04. The molecule has 0 saturated carbocycles. The number of hydrogen-bond acceptors (Lipinski definition) is 5. The average Bonchev–Trinajstić information content (AvgIpc) is 2.98. The van der Waals surface area contributed by atoms with Gasteiger partial charge in [-0.1, -0.05) is 17.3 Å². The molecule has 7 nitrogen and oxygen atoms in total. The molecule has 2 aromatic carbocycles. The van der Waals surface area contributed by atoms with E-state index in [9.17, 15) is 9.18 Å². The Hall–Kier alpha value is -3.42. The van der Waals surface area contributed by atoms with Gasteiger partial charge in [-0.15, -0.1) is 5.10 Å². The van der Waals surface area contributed by atoms with Crippen LogP contribution in [0.5, 0.6) is 5.75 Å². The Kier molecular flexibility index (Phi) is 5.12. The molecule has 0 aliphatic carbocycles. The Morgan fingerprint density at radius 3 is 2.73 bits per heavy atom. The summed E-state index contributed by atoms with van der Waals surface area (Å²) in [5, 5.41) is 10.4. The summed E-state index contributed by atoms with van der Waals surface area (Å²) in [7, 11) is 0. The molecule has 1 heterocycles. The molecule has 1 amide bonds. The number of rotatable bonds is 6. The molecule has 1 aromatic heterocycles. The van der Waals surface area contributed by atoms with Crippen LogP contribution in [0.3, 0.4) is 0 Å². The van der Waals surface area contributed by atoms with Crippen LogP contribution in [-0.4, -0.2) is 27.5 Å². The normalized spacial score (nSPS) is 10.5.